The molecule has 0 amide bonds. The van der Waals surface area contributed by atoms with Crippen LogP contribution < -0.4 is 5.32 Å². The van der Waals surface area contributed by atoms with Gasteiger partial charge >= 0.3 is 6.18 Å². The summed E-state index contributed by atoms with van der Waals surface area (Å²) in [4.78, 5) is 0.764. The normalized spacial score (nSPS) is 12.7. The lowest BCUT2D eigenvalue weighted by Gasteiger charge is -2.13. The molecule has 1 aromatic carbocycles. The molecule has 0 radical (unpaired) electrons. The number of alkyl halides is 3. The molecule has 1 N–H and O–H groups in total. The van der Waals surface area contributed by atoms with Gasteiger partial charge in [0, 0.05) is 10.6 Å². The van der Waals surface area contributed by atoms with Gasteiger partial charge in [-0.15, -0.1) is 11.3 Å². The number of benzene rings is 1. The molecular formula is C13H9F3N2S. The van der Waals surface area contributed by atoms with Gasteiger partial charge in [0.25, 0.3) is 0 Å². The minimum atomic E-state index is -4.39. The summed E-state index contributed by atoms with van der Waals surface area (Å²) >= 11 is 1.38. The van der Waals surface area contributed by atoms with Crippen molar-refractivity contribution in [1.29, 1.82) is 5.26 Å². The Hall–Kier alpha value is -2.00. The van der Waals surface area contributed by atoms with E-state index < -0.39 is 17.8 Å². The van der Waals surface area contributed by atoms with Crippen LogP contribution >= 0.6 is 11.3 Å². The molecule has 1 heterocycles. The van der Waals surface area contributed by atoms with Crippen LogP contribution in [0.25, 0.3) is 0 Å². The summed E-state index contributed by atoms with van der Waals surface area (Å²) in [6.07, 6.45) is -4.39. The zero-order valence-electron chi connectivity index (χ0n) is 9.61. The molecule has 0 aliphatic rings. The first-order valence-corrected chi connectivity index (χ1v) is 6.25. The number of rotatable bonds is 3. The summed E-state index contributed by atoms with van der Waals surface area (Å²) in [7, 11) is 0. The summed E-state index contributed by atoms with van der Waals surface area (Å²) in [5.74, 6) is 0. The number of halogens is 3. The summed E-state index contributed by atoms with van der Waals surface area (Å²) in [6.45, 7) is 0. The Kier molecular flexibility index (Phi) is 3.76. The molecule has 2 aromatic rings. The van der Waals surface area contributed by atoms with Crippen molar-refractivity contribution in [3.8, 4) is 6.07 Å². The predicted octanol–water partition coefficient (Wildman–Crippen LogP) is 4.44. The summed E-state index contributed by atoms with van der Waals surface area (Å²) in [6, 6.07) is 9.75. The van der Waals surface area contributed by atoms with E-state index in [-0.39, 0.29) is 5.69 Å². The number of nitriles is 1. The van der Waals surface area contributed by atoms with E-state index in [1.807, 2.05) is 11.4 Å². The van der Waals surface area contributed by atoms with Gasteiger partial charge in [-0.3, -0.25) is 0 Å². The van der Waals surface area contributed by atoms with Crippen LogP contribution in [0.3, 0.4) is 0 Å². The van der Waals surface area contributed by atoms with Crippen LogP contribution in [0.15, 0.2) is 41.8 Å². The van der Waals surface area contributed by atoms with Crippen molar-refractivity contribution in [2.75, 3.05) is 5.32 Å². The Balaban J connectivity index is 2.22. The molecule has 1 unspecified atom stereocenters. The highest BCUT2D eigenvalue weighted by Crippen LogP contribution is 2.31. The Morgan fingerprint density at radius 2 is 2.00 bits per heavy atom. The monoisotopic (exact) mass is 282 g/mol. The van der Waals surface area contributed by atoms with Crippen LogP contribution in [-0.4, -0.2) is 0 Å². The first kappa shape index (κ1) is 13.4. The lowest BCUT2D eigenvalue weighted by atomic mass is 10.1. The van der Waals surface area contributed by atoms with E-state index in [0.717, 1.165) is 17.0 Å². The van der Waals surface area contributed by atoms with Gasteiger partial charge in [-0.2, -0.15) is 18.4 Å². The molecule has 0 saturated carbocycles. The average Bonchev–Trinajstić information content (AvgIpc) is 2.89. The lowest BCUT2D eigenvalue weighted by molar-refractivity contribution is -0.137. The zero-order valence-corrected chi connectivity index (χ0v) is 10.4. The number of hydrogen-bond acceptors (Lipinski definition) is 3. The second kappa shape index (κ2) is 5.33. The smallest absolute Gasteiger partial charge is 0.366 e. The summed E-state index contributed by atoms with van der Waals surface area (Å²) in [5, 5.41) is 13.7. The summed E-state index contributed by atoms with van der Waals surface area (Å²) in [5.41, 5.74) is -0.463. The number of hydrogen-bond donors (Lipinski definition) is 1. The third-order valence-electron chi connectivity index (χ3n) is 2.46. The van der Waals surface area contributed by atoms with Crippen molar-refractivity contribution in [2.45, 2.75) is 12.2 Å². The molecule has 1 atom stereocenters. The van der Waals surface area contributed by atoms with E-state index >= 15 is 0 Å². The molecule has 98 valence electrons. The molecule has 1 aromatic heterocycles. The maximum atomic E-state index is 12.6. The molecule has 0 bridgehead atoms. The van der Waals surface area contributed by atoms with Gasteiger partial charge in [-0.1, -0.05) is 12.1 Å². The number of thiophene rings is 1. The Morgan fingerprint density at radius 3 is 2.58 bits per heavy atom. The van der Waals surface area contributed by atoms with Crippen molar-refractivity contribution in [3.63, 3.8) is 0 Å². The largest absolute Gasteiger partial charge is 0.416 e. The second-order valence-corrected chi connectivity index (χ2v) is 4.78. The van der Waals surface area contributed by atoms with Gasteiger partial charge in [0.15, 0.2) is 0 Å². The third-order valence-corrected chi connectivity index (χ3v) is 3.39. The van der Waals surface area contributed by atoms with Crippen LogP contribution in [0.5, 0.6) is 0 Å². The van der Waals surface area contributed by atoms with Crippen molar-refractivity contribution in [2.24, 2.45) is 0 Å². The van der Waals surface area contributed by atoms with Crippen LogP contribution in [0.2, 0.25) is 0 Å². The van der Waals surface area contributed by atoms with E-state index in [4.69, 9.17) is 5.26 Å². The highest BCUT2D eigenvalue weighted by atomic mass is 32.1. The highest BCUT2D eigenvalue weighted by Gasteiger charge is 2.30. The van der Waals surface area contributed by atoms with Gasteiger partial charge in [-0.25, -0.2) is 0 Å². The van der Waals surface area contributed by atoms with Crippen molar-refractivity contribution >= 4 is 17.0 Å². The second-order valence-electron chi connectivity index (χ2n) is 3.80. The van der Waals surface area contributed by atoms with E-state index in [2.05, 4.69) is 5.32 Å². The molecule has 6 heteroatoms. The van der Waals surface area contributed by atoms with Gasteiger partial charge in [0.1, 0.15) is 6.04 Å². The fourth-order valence-electron chi connectivity index (χ4n) is 1.57. The highest BCUT2D eigenvalue weighted by molar-refractivity contribution is 7.10. The van der Waals surface area contributed by atoms with E-state index in [1.165, 1.54) is 23.5 Å². The Morgan fingerprint density at radius 1 is 1.21 bits per heavy atom. The third kappa shape index (κ3) is 3.26. The van der Waals surface area contributed by atoms with E-state index in [9.17, 15) is 13.2 Å². The molecule has 0 aliphatic carbocycles. The SMILES string of the molecule is N#CC(Nc1cccc(C(F)(F)F)c1)c1cccs1. The molecule has 2 nitrogen and oxygen atoms in total. The van der Waals surface area contributed by atoms with Gasteiger partial charge in [0.05, 0.1) is 11.6 Å². The van der Waals surface area contributed by atoms with Crippen LogP contribution in [-0.2, 0) is 6.18 Å². The standard InChI is InChI=1S/C13H9F3N2S/c14-13(15,16)9-3-1-4-10(7-9)18-11(8-17)12-5-2-6-19-12/h1-7,11,18H. The molecule has 0 aliphatic heterocycles. The first-order chi connectivity index (χ1) is 9.00. The molecule has 0 spiro atoms. The molecular weight excluding hydrogens is 273 g/mol. The number of anilines is 1. The molecule has 2 rings (SSSR count). The minimum Gasteiger partial charge on any atom is -0.366 e. The Bertz CT molecular complexity index is 585. The molecule has 0 saturated heterocycles. The maximum absolute atomic E-state index is 12.6. The van der Waals surface area contributed by atoms with Crippen molar-refractivity contribution < 1.29 is 13.2 Å². The Labute approximate surface area is 112 Å². The zero-order chi connectivity index (χ0) is 13.9. The van der Waals surface area contributed by atoms with Gasteiger partial charge in [0.2, 0.25) is 0 Å². The molecule has 19 heavy (non-hydrogen) atoms. The predicted molar refractivity (Wildman–Crippen MR) is 67.7 cm³/mol. The van der Waals surface area contributed by atoms with Crippen molar-refractivity contribution in [1.82, 2.24) is 0 Å². The van der Waals surface area contributed by atoms with Crippen LogP contribution in [0.4, 0.5) is 18.9 Å². The fraction of sp³-hybridized carbons (Fsp3) is 0.154. The van der Waals surface area contributed by atoms with Crippen LogP contribution in [0, 0.1) is 11.3 Å². The maximum Gasteiger partial charge on any atom is 0.416 e. The molecule has 0 fully saturated rings. The fourth-order valence-corrected chi connectivity index (χ4v) is 2.29. The van der Waals surface area contributed by atoms with Crippen molar-refractivity contribution in [3.05, 3.63) is 52.2 Å². The minimum absolute atomic E-state index is 0.273. The van der Waals surface area contributed by atoms with E-state index in [0.29, 0.717) is 0 Å². The number of nitrogens with zero attached hydrogens (tertiary/aromatic N) is 1. The topological polar surface area (TPSA) is 35.8 Å². The number of nitrogens with one attached hydrogen (secondary N) is 1. The van der Waals surface area contributed by atoms with Crippen LogP contribution in [0.1, 0.15) is 16.5 Å². The van der Waals surface area contributed by atoms with Gasteiger partial charge < -0.3 is 5.32 Å². The average molecular weight is 282 g/mol. The summed E-state index contributed by atoms with van der Waals surface area (Å²) < 4.78 is 37.7. The first-order valence-electron chi connectivity index (χ1n) is 5.37. The lowest BCUT2D eigenvalue weighted by Crippen LogP contribution is -2.09. The van der Waals surface area contributed by atoms with Gasteiger partial charge in [-0.05, 0) is 29.6 Å². The quantitative estimate of drug-likeness (QED) is 0.903. The van der Waals surface area contributed by atoms with E-state index in [1.54, 1.807) is 12.1 Å².